The molecule has 0 spiro atoms. The van der Waals surface area contributed by atoms with Crippen LogP contribution in [0.15, 0.2) is 23.1 Å². The van der Waals surface area contributed by atoms with Crippen molar-refractivity contribution in [2.45, 2.75) is 31.2 Å². The standard InChI is InChI=1S/C13H20N2O5S/c1-13(2,3)15-21(19,20)11-8-9(12(17)18)4-5-10(11)14-6-7-16/h4-5,8,14-16H,6-7H2,1-3H3,(H,17,18). The van der Waals surface area contributed by atoms with Crippen LogP contribution in [0.5, 0.6) is 0 Å². The summed E-state index contributed by atoms with van der Waals surface area (Å²) in [4.78, 5) is 10.9. The Balaban J connectivity index is 3.34. The number of carboxylic acid groups (broad SMARTS) is 1. The Kier molecular flexibility index (Phi) is 5.32. The molecule has 0 amide bonds. The molecule has 4 N–H and O–H groups in total. The topological polar surface area (TPSA) is 116 Å². The molecule has 1 rings (SSSR count). The van der Waals surface area contributed by atoms with Gasteiger partial charge in [0.25, 0.3) is 0 Å². The first kappa shape index (κ1) is 17.4. The zero-order chi connectivity index (χ0) is 16.3. The monoisotopic (exact) mass is 316 g/mol. The summed E-state index contributed by atoms with van der Waals surface area (Å²) in [7, 11) is -3.89. The van der Waals surface area contributed by atoms with Crippen molar-refractivity contribution in [2.24, 2.45) is 0 Å². The molecule has 1 aromatic rings. The molecule has 7 nitrogen and oxygen atoms in total. The minimum Gasteiger partial charge on any atom is -0.478 e. The highest BCUT2D eigenvalue weighted by Gasteiger charge is 2.25. The third-order valence-electron chi connectivity index (χ3n) is 2.39. The first-order chi connectivity index (χ1) is 9.57. The molecule has 0 aromatic heterocycles. The van der Waals surface area contributed by atoms with Gasteiger partial charge in [0.2, 0.25) is 10.0 Å². The smallest absolute Gasteiger partial charge is 0.335 e. The Morgan fingerprint density at radius 2 is 1.90 bits per heavy atom. The Morgan fingerprint density at radius 3 is 2.38 bits per heavy atom. The summed E-state index contributed by atoms with van der Waals surface area (Å²) in [6, 6.07) is 3.77. The van der Waals surface area contributed by atoms with Gasteiger partial charge in [-0.2, -0.15) is 0 Å². The van der Waals surface area contributed by atoms with E-state index in [4.69, 9.17) is 10.2 Å². The molecule has 0 radical (unpaired) electrons. The Hall–Kier alpha value is -1.64. The number of aliphatic hydroxyl groups excluding tert-OH is 1. The largest absolute Gasteiger partial charge is 0.478 e. The average Bonchev–Trinajstić information content (AvgIpc) is 2.33. The van der Waals surface area contributed by atoms with Gasteiger partial charge in [-0.15, -0.1) is 0 Å². The number of benzene rings is 1. The quantitative estimate of drug-likeness (QED) is 0.619. The van der Waals surface area contributed by atoms with E-state index in [1.54, 1.807) is 20.8 Å². The van der Waals surface area contributed by atoms with E-state index in [2.05, 4.69) is 10.0 Å². The number of hydrogen-bond acceptors (Lipinski definition) is 5. The number of carbonyl (C=O) groups is 1. The van der Waals surface area contributed by atoms with Gasteiger partial charge in [0, 0.05) is 12.1 Å². The van der Waals surface area contributed by atoms with Crippen molar-refractivity contribution in [3.8, 4) is 0 Å². The summed E-state index contributed by atoms with van der Waals surface area (Å²) in [5.41, 5.74) is -0.587. The predicted octanol–water partition coefficient (Wildman–Crippen LogP) is 0.866. The van der Waals surface area contributed by atoms with Gasteiger partial charge in [0.05, 0.1) is 17.9 Å². The summed E-state index contributed by atoms with van der Waals surface area (Å²) in [6.07, 6.45) is 0. The summed E-state index contributed by atoms with van der Waals surface area (Å²) in [5.74, 6) is -1.21. The highest BCUT2D eigenvalue weighted by molar-refractivity contribution is 7.89. The second-order valence-corrected chi connectivity index (χ2v) is 7.17. The second kappa shape index (κ2) is 6.42. The van der Waals surface area contributed by atoms with Gasteiger partial charge in [-0.3, -0.25) is 0 Å². The van der Waals surface area contributed by atoms with Crippen LogP contribution in [0.1, 0.15) is 31.1 Å². The molecule has 0 heterocycles. The molecule has 0 aliphatic carbocycles. The maximum Gasteiger partial charge on any atom is 0.335 e. The molecule has 0 saturated carbocycles. The van der Waals surface area contributed by atoms with Gasteiger partial charge in [-0.05, 0) is 39.0 Å². The van der Waals surface area contributed by atoms with E-state index in [0.717, 1.165) is 6.07 Å². The van der Waals surface area contributed by atoms with E-state index in [9.17, 15) is 13.2 Å². The number of anilines is 1. The molecule has 8 heteroatoms. The Morgan fingerprint density at radius 1 is 1.29 bits per heavy atom. The maximum absolute atomic E-state index is 12.4. The van der Waals surface area contributed by atoms with Gasteiger partial charge in [-0.1, -0.05) is 0 Å². The van der Waals surface area contributed by atoms with E-state index < -0.39 is 21.5 Å². The van der Waals surface area contributed by atoms with Crippen molar-refractivity contribution in [1.82, 2.24) is 4.72 Å². The van der Waals surface area contributed by atoms with Crippen LogP contribution in [0.25, 0.3) is 0 Å². The molecule has 0 aliphatic heterocycles. The van der Waals surface area contributed by atoms with Crippen molar-refractivity contribution in [3.05, 3.63) is 23.8 Å². The van der Waals surface area contributed by atoms with Crippen LogP contribution in [0.4, 0.5) is 5.69 Å². The normalized spacial score (nSPS) is 12.2. The third-order valence-corrected chi connectivity index (χ3v) is 4.18. The van der Waals surface area contributed by atoms with Crippen LogP contribution in [-0.2, 0) is 10.0 Å². The van der Waals surface area contributed by atoms with Crippen LogP contribution in [0.2, 0.25) is 0 Å². The fourth-order valence-corrected chi connectivity index (χ4v) is 3.30. The van der Waals surface area contributed by atoms with E-state index >= 15 is 0 Å². The lowest BCUT2D eigenvalue weighted by molar-refractivity contribution is 0.0696. The minimum atomic E-state index is -3.89. The molecule has 0 atom stereocenters. The van der Waals surface area contributed by atoms with E-state index in [1.165, 1.54) is 12.1 Å². The van der Waals surface area contributed by atoms with Gasteiger partial charge in [-0.25, -0.2) is 17.9 Å². The molecular formula is C13H20N2O5S. The number of aromatic carboxylic acids is 1. The first-order valence-corrected chi connectivity index (χ1v) is 7.81. The molecule has 1 aromatic carbocycles. The molecule has 0 bridgehead atoms. The van der Waals surface area contributed by atoms with Crippen LogP contribution in [-0.4, -0.2) is 43.3 Å². The van der Waals surface area contributed by atoms with Gasteiger partial charge in [0.15, 0.2) is 0 Å². The number of sulfonamides is 1. The van der Waals surface area contributed by atoms with Crippen molar-refractivity contribution in [1.29, 1.82) is 0 Å². The lowest BCUT2D eigenvalue weighted by Crippen LogP contribution is -2.40. The lowest BCUT2D eigenvalue weighted by Gasteiger charge is -2.22. The Bertz CT molecular complexity index is 620. The summed E-state index contributed by atoms with van der Waals surface area (Å²) in [5, 5.41) is 20.6. The van der Waals surface area contributed by atoms with Crippen LogP contribution in [0, 0.1) is 0 Å². The second-order valence-electron chi connectivity index (χ2n) is 5.52. The number of rotatable bonds is 6. The zero-order valence-corrected chi connectivity index (χ0v) is 13.0. The summed E-state index contributed by atoms with van der Waals surface area (Å²) < 4.78 is 27.3. The molecule has 21 heavy (non-hydrogen) atoms. The number of hydrogen-bond donors (Lipinski definition) is 4. The Labute approximate surface area is 124 Å². The van der Waals surface area contributed by atoms with Crippen LogP contribution < -0.4 is 10.0 Å². The SMILES string of the molecule is CC(C)(C)NS(=O)(=O)c1cc(C(=O)O)ccc1NCCO. The van der Waals surface area contributed by atoms with Gasteiger partial charge < -0.3 is 15.5 Å². The molecule has 0 fully saturated rings. The van der Waals surface area contributed by atoms with E-state index in [-0.39, 0.29) is 29.3 Å². The predicted molar refractivity (Wildman–Crippen MR) is 79.1 cm³/mol. The summed E-state index contributed by atoms with van der Waals surface area (Å²) >= 11 is 0. The number of carboxylic acids is 1. The average molecular weight is 316 g/mol. The van der Waals surface area contributed by atoms with Gasteiger partial charge in [0.1, 0.15) is 4.90 Å². The van der Waals surface area contributed by atoms with Crippen molar-refractivity contribution >= 4 is 21.7 Å². The summed E-state index contributed by atoms with van der Waals surface area (Å²) in [6.45, 7) is 5.04. The molecule has 0 saturated heterocycles. The number of aliphatic hydroxyl groups is 1. The highest BCUT2D eigenvalue weighted by atomic mass is 32.2. The molecule has 118 valence electrons. The van der Waals surface area contributed by atoms with E-state index in [0.29, 0.717) is 0 Å². The fourth-order valence-electron chi connectivity index (χ4n) is 1.67. The third kappa shape index (κ3) is 5.00. The van der Waals surface area contributed by atoms with Gasteiger partial charge >= 0.3 is 5.97 Å². The van der Waals surface area contributed by atoms with Crippen LogP contribution >= 0.6 is 0 Å². The van der Waals surface area contributed by atoms with E-state index in [1.807, 2.05) is 0 Å². The minimum absolute atomic E-state index is 0.126. The zero-order valence-electron chi connectivity index (χ0n) is 12.2. The number of nitrogens with one attached hydrogen (secondary N) is 2. The maximum atomic E-state index is 12.4. The molecule has 0 aliphatic rings. The lowest BCUT2D eigenvalue weighted by atomic mass is 10.1. The molecule has 0 unspecified atom stereocenters. The fraction of sp³-hybridized carbons (Fsp3) is 0.462. The van der Waals surface area contributed by atoms with Crippen LogP contribution in [0.3, 0.4) is 0 Å². The first-order valence-electron chi connectivity index (χ1n) is 6.33. The van der Waals surface area contributed by atoms with Crippen molar-refractivity contribution < 1.29 is 23.4 Å². The highest BCUT2D eigenvalue weighted by Crippen LogP contribution is 2.24. The molecular weight excluding hydrogens is 296 g/mol. The van der Waals surface area contributed by atoms with Crippen molar-refractivity contribution in [2.75, 3.05) is 18.5 Å². The van der Waals surface area contributed by atoms with Crippen molar-refractivity contribution in [3.63, 3.8) is 0 Å².